The molecule has 6 heteroatoms. The quantitative estimate of drug-likeness (QED) is 0.294. The summed E-state index contributed by atoms with van der Waals surface area (Å²) in [6, 6.07) is 15.5. The number of para-hydroxylation sites is 2. The summed E-state index contributed by atoms with van der Waals surface area (Å²) in [6.45, 7) is 4.56. The molecule has 3 aromatic rings. The molecule has 6 nitrogen and oxygen atoms in total. The number of methoxy groups -OCH3 is 1. The second-order valence-electron chi connectivity index (χ2n) is 8.54. The Morgan fingerprint density at radius 2 is 1.85 bits per heavy atom. The molecule has 1 aliphatic heterocycles. The van der Waals surface area contributed by atoms with Crippen molar-refractivity contribution in [2.24, 2.45) is 0 Å². The van der Waals surface area contributed by atoms with E-state index in [1.54, 1.807) is 7.11 Å². The molecule has 1 aliphatic rings. The Morgan fingerprint density at radius 3 is 2.67 bits per heavy atom. The predicted molar refractivity (Wildman–Crippen MR) is 132 cm³/mol. The minimum absolute atomic E-state index is 0.287. The molecule has 0 aliphatic carbocycles. The van der Waals surface area contributed by atoms with Crippen molar-refractivity contribution in [3.8, 4) is 5.75 Å². The predicted octanol–water partition coefficient (Wildman–Crippen LogP) is 6.24. The lowest BCUT2D eigenvalue weighted by atomic mass is 9.95. The molecule has 0 amide bonds. The third kappa shape index (κ3) is 4.90. The van der Waals surface area contributed by atoms with E-state index in [-0.39, 0.29) is 12.0 Å². The summed E-state index contributed by atoms with van der Waals surface area (Å²) in [5.41, 5.74) is 4.15. The van der Waals surface area contributed by atoms with Gasteiger partial charge in [0.2, 0.25) is 5.95 Å². The Kier molecular flexibility index (Phi) is 7.33. The van der Waals surface area contributed by atoms with E-state index >= 15 is 0 Å². The number of hydrogen-bond donors (Lipinski definition) is 1. The van der Waals surface area contributed by atoms with Gasteiger partial charge in [0.05, 0.1) is 36.4 Å². The van der Waals surface area contributed by atoms with E-state index in [0.717, 1.165) is 40.9 Å². The molecule has 33 heavy (non-hydrogen) atoms. The minimum Gasteiger partial charge on any atom is -0.497 e. The fourth-order valence-electron chi connectivity index (χ4n) is 4.48. The largest absolute Gasteiger partial charge is 0.497 e. The maximum absolute atomic E-state index is 13.4. The fourth-order valence-corrected chi connectivity index (χ4v) is 4.48. The molecule has 0 spiro atoms. The van der Waals surface area contributed by atoms with E-state index in [2.05, 4.69) is 16.8 Å². The molecule has 1 atom stereocenters. The molecule has 0 saturated carbocycles. The Hall–Kier alpha value is -3.28. The molecular weight excluding hydrogens is 414 g/mol. The number of rotatable bonds is 10. The summed E-state index contributed by atoms with van der Waals surface area (Å²) in [6.07, 6.45) is 6.89. The Morgan fingerprint density at radius 1 is 1.06 bits per heavy atom. The molecule has 1 aromatic heterocycles. The highest BCUT2D eigenvalue weighted by molar-refractivity contribution is 5.94. The van der Waals surface area contributed by atoms with Gasteiger partial charge in [0.1, 0.15) is 5.75 Å². The van der Waals surface area contributed by atoms with Crippen molar-refractivity contribution in [2.45, 2.75) is 58.4 Å². The first-order valence-electron chi connectivity index (χ1n) is 11.9. The van der Waals surface area contributed by atoms with E-state index in [4.69, 9.17) is 14.5 Å². The maximum Gasteiger partial charge on any atom is 0.338 e. The first-order valence-corrected chi connectivity index (χ1v) is 11.9. The maximum atomic E-state index is 13.4. The number of carbonyl (C=O) groups is 1. The van der Waals surface area contributed by atoms with Gasteiger partial charge in [-0.2, -0.15) is 0 Å². The lowest BCUT2D eigenvalue weighted by Gasteiger charge is -2.30. The molecule has 2 aromatic carbocycles. The number of imidazole rings is 1. The van der Waals surface area contributed by atoms with E-state index in [9.17, 15) is 4.79 Å². The van der Waals surface area contributed by atoms with Gasteiger partial charge in [0, 0.05) is 5.70 Å². The van der Waals surface area contributed by atoms with Crippen LogP contribution in [0.25, 0.3) is 11.0 Å². The SMILES string of the molecule is CCCCCCCCOC(=O)C1=C(C)Nc2nc3ccccc3n2[C@@H]1c1cccc(OC)c1. The topological polar surface area (TPSA) is 65.4 Å². The van der Waals surface area contributed by atoms with Crippen molar-refractivity contribution in [3.63, 3.8) is 0 Å². The van der Waals surface area contributed by atoms with Crippen molar-refractivity contribution < 1.29 is 14.3 Å². The molecule has 0 radical (unpaired) electrons. The first kappa shape index (κ1) is 22.9. The molecule has 4 rings (SSSR count). The second-order valence-corrected chi connectivity index (χ2v) is 8.54. The van der Waals surface area contributed by atoms with Crippen molar-refractivity contribution in [3.05, 3.63) is 65.4 Å². The van der Waals surface area contributed by atoms with E-state index in [0.29, 0.717) is 18.1 Å². The summed E-state index contributed by atoms with van der Waals surface area (Å²) in [5, 5.41) is 3.33. The average molecular weight is 448 g/mol. The lowest BCUT2D eigenvalue weighted by molar-refractivity contribution is -0.139. The molecule has 1 N–H and O–H groups in total. The number of hydrogen-bond acceptors (Lipinski definition) is 5. The van der Waals surface area contributed by atoms with Crippen LogP contribution in [0.1, 0.15) is 64.0 Å². The summed E-state index contributed by atoms with van der Waals surface area (Å²) in [4.78, 5) is 18.1. The zero-order valence-corrected chi connectivity index (χ0v) is 19.8. The van der Waals surface area contributed by atoms with Crippen LogP contribution < -0.4 is 10.1 Å². The normalized spacial score (nSPS) is 15.3. The van der Waals surface area contributed by atoms with Crippen LogP contribution in [-0.4, -0.2) is 29.2 Å². The molecule has 0 bridgehead atoms. The number of nitrogens with zero attached hydrogens (tertiary/aromatic N) is 2. The number of esters is 1. The number of fused-ring (bicyclic) bond motifs is 3. The lowest BCUT2D eigenvalue weighted by Crippen LogP contribution is -2.29. The summed E-state index contributed by atoms with van der Waals surface area (Å²) < 4.78 is 13.3. The summed E-state index contributed by atoms with van der Waals surface area (Å²) in [5.74, 6) is 1.17. The zero-order chi connectivity index (χ0) is 23.2. The zero-order valence-electron chi connectivity index (χ0n) is 19.8. The second kappa shape index (κ2) is 10.6. The third-order valence-electron chi connectivity index (χ3n) is 6.19. The molecule has 0 fully saturated rings. The fraction of sp³-hybridized carbons (Fsp3) is 0.407. The number of carbonyl (C=O) groups excluding carboxylic acids is 1. The molecule has 174 valence electrons. The van der Waals surface area contributed by atoms with Gasteiger partial charge in [-0.1, -0.05) is 63.3 Å². The number of benzene rings is 2. The standard InChI is InChI=1S/C27H33N3O3/c1-4-5-6-7-8-11-17-33-26(31)24-19(2)28-27-29-22-15-9-10-16-23(22)30(27)25(24)20-13-12-14-21(18-20)32-3/h9-10,12-16,18,25H,4-8,11,17H2,1-3H3,(H,28,29)/t25-/m1/s1. The van der Waals surface area contributed by atoms with Crippen LogP contribution in [0.4, 0.5) is 5.95 Å². The van der Waals surface area contributed by atoms with Crippen LogP contribution in [0.5, 0.6) is 5.75 Å². The summed E-state index contributed by atoms with van der Waals surface area (Å²) in [7, 11) is 1.65. The Bertz CT molecular complexity index is 1150. The van der Waals surface area contributed by atoms with Gasteiger partial charge in [-0.25, -0.2) is 9.78 Å². The smallest absolute Gasteiger partial charge is 0.338 e. The van der Waals surface area contributed by atoms with E-state index in [1.165, 1.54) is 25.7 Å². The van der Waals surface area contributed by atoms with Gasteiger partial charge in [-0.3, -0.25) is 4.57 Å². The first-order chi connectivity index (χ1) is 16.1. The monoisotopic (exact) mass is 447 g/mol. The van der Waals surface area contributed by atoms with Crippen molar-refractivity contribution in [1.82, 2.24) is 9.55 Å². The molecule has 0 unspecified atom stereocenters. The number of unbranched alkanes of at least 4 members (excludes halogenated alkanes) is 5. The highest BCUT2D eigenvalue weighted by Crippen LogP contribution is 2.40. The van der Waals surface area contributed by atoms with Gasteiger partial charge in [-0.05, 0) is 43.2 Å². The van der Waals surface area contributed by atoms with Gasteiger partial charge in [0.15, 0.2) is 0 Å². The molecular formula is C27H33N3O3. The number of ether oxygens (including phenoxy) is 2. The highest BCUT2D eigenvalue weighted by Gasteiger charge is 2.35. The van der Waals surface area contributed by atoms with Crippen LogP contribution in [0.2, 0.25) is 0 Å². The van der Waals surface area contributed by atoms with Gasteiger partial charge >= 0.3 is 5.97 Å². The van der Waals surface area contributed by atoms with Crippen molar-refractivity contribution in [1.29, 1.82) is 0 Å². The Labute approximate surface area is 195 Å². The number of nitrogens with one attached hydrogen (secondary N) is 1. The van der Waals surface area contributed by atoms with Crippen LogP contribution in [0.15, 0.2) is 59.8 Å². The van der Waals surface area contributed by atoms with Crippen LogP contribution >= 0.6 is 0 Å². The van der Waals surface area contributed by atoms with Gasteiger partial charge in [0.25, 0.3) is 0 Å². The van der Waals surface area contributed by atoms with Gasteiger partial charge in [-0.15, -0.1) is 0 Å². The van der Waals surface area contributed by atoms with Crippen LogP contribution in [0, 0.1) is 0 Å². The van der Waals surface area contributed by atoms with E-state index in [1.807, 2.05) is 55.5 Å². The van der Waals surface area contributed by atoms with Crippen LogP contribution in [0.3, 0.4) is 0 Å². The number of allylic oxidation sites excluding steroid dienone is 1. The molecule has 0 saturated heterocycles. The van der Waals surface area contributed by atoms with Crippen molar-refractivity contribution in [2.75, 3.05) is 19.0 Å². The third-order valence-corrected chi connectivity index (χ3v) is 6.19. The highest BCUT2D eigenvalue weighted by atomic mass is 16.5. The van der Waals surface area contributed by atoms with Crippen LogP contribution in [-0.2, 0) is 9.53 Å². The summed E-state index contributed by atoms with van der Waals surface area (Å²) >= 11 is 0. The van der Waals surface area contributed by atoms with E-state index < -0.39 is 0 Å². The number of aromatic nitrogens is 2. The average Bonchev–Trinajstić information content (AvgIpc) is 3.20. The Balaban J connectivity index is 1.64. The van der Waals surface area contributed by atoms with Crippen molar-refractivity contribution >= 4 is 23.0 Å². The number of anilines is 1. The minimum atomic E-state index is -0.360. The molecule has 2 heterocycles. The van der Waals surface area contributed by atoms with Gasteiger partial charge < -0.3 is 14.8 Å².